The Labute approximate surface area is 183 Å². The van der Waals surface area contributed by atoms with Crippen molar-refractivity contribution < 1.29 is 14.6 Å². The smallest absolute Gasteiger partial charge is 0.308 e. The van der Waals surface area contributed by atoms with E-state index in [9.17, 15) is 9.90 Å². The van der Waals surface area contributed by atoms with Gasteiger partial charge in [-0.15, -0.1) is 0 Å². The third-order valence-corrected chi connectivity index (χ3v) is 9.67. The van der Waals surface area contributed by atoms with Crippen molar-refractivity contribution in [2.75, 3.05) is 0 Å². The standard InChI is InChI=1S/C27H23O3P/c1-21(28)30-23-18-17-22(27(29)19-23)20-31(24-11-5-2-6-12-24,25-13-7-3-8-14-25)26-15-9-4-10-16-26/h2-19H,20H2,1H3/p+1. The number of phenols is 1. The molecule has 4 rings (SSSR count). The molecule has 0 amide bonds. The molecule has 0 aromatic heterocycles. The molecule has 0 spiro atoms. The first-order valence-corrected chi connectivity index (χ1v) is 12.1. The molecule has 4 aromatic rings. The zero-order valence-corrected chi connectivity index (χ0v) is 18.2. The second kappa shape index (κ2) is 9.16. The van der Waals surface area contributed by atoms with Gasteiger partial charge in [0.2, 0.25) is 0 Å². The van der Waals surface area contributed by atoms with Gasteiger partial charge in [0.25, 0.3) is 0 Å². The SMILES string of the molecule is CC(=O)Oc1ccc(C[P+](c2ccccc2)(c2ccccc2)c2ccccc2)c(O)c1. The Bertz CT molecular complexity index is 1060. The van der Waals surface area contributed by atoms with Gasteiger partial charge in [0, 0.05) is 18.6 Å². The summed E-state index contributed by atoms with van der Waals surface area (Å²) in [4.78, 5) is 11.3. The van der Waals surface area contributed by atoms with Crippen molar-refractivity contribution >= 4 is 29.1 Å². The first kappa shape index (κ1) is 20.8. The van der Waals surface area contributed by atoms with Crippen LogP contribution in [0.1, 0.15) is 12.5 Å². The number of benzene rings is 4. The molecule has 0 fully saturated rings. The maximum Gasteiger partial charge on any atom is 0.308 e. The highest BCUT2D eigenvalue weighted by Crippen LogP contribution is 2.59. The van der Waals surface area contributed by atoms with Crippen molar-refractivity contribution in [2.45, 2.75) is 13.1 Å². The van der Waals surface area contributed by atoms with Crippen LogP contribution in [0.5, 0.6) is 11.5 Å². The Kier molecular flexibility index (Phi) is 6.16. The predicted octanol–water partition coefficient (Wildman–Crippen LogP) is 4.81. The fraction of sp³-hybridized carbons (Fsp3) is 0.0741. The summed E-state index contributed by atoms with van der Waals surface area (Å²) in [5.41, 5.74) is 0.820. The molecular weight excluding hydrogens is 403 g/mol. The average molecular weight is 427 g/mol. The molecule has 0 radical (unpaired) electrons. The van der Waals surface area contributed by atoms with Crippen LogP contribution in [0.2, 0.25) is 0 Å². The van der Waals surface area contributed by atoms with Gasteiger partial charge < -0.3 is 9.84 Å². The maximum absolute atomic E-state index is 11.3. The fourth-order valence-corrected chi connectivity index (χ4v) is 8.19. The molecule has 4 heteroatoms. The van der Waals surface area contributed by atoms with Crippen molar-refractivity contribution in [1.82, 2.24) is 0 Å². The van der Waals surface area contributed by atoms with E-state index in [0.29, 0.717) is 11.9 Å². The fourth-order valence-electron chi connectivity index (χ4n) is 3.93. The van der Waals surface area contributed by atoms with E-state index >= 15 is 0 Å². The minimum absolute atomic E-state index is 0.130. The molecule has 154 valence electrons. The molecule has 1 N–H and O–H groups in total. The normalized spacial score (nSPS) is 11.1. The van der Waals surface area contributed by atoms with Crippen molar-refractivity contribution in [3.05, 3.63) is 115 Å². The number of phenolic OH excluding ortho intramolecular Hbond substituents is 1. The molecule has 3 nitrogen and oxygen atoms in total. The van der Waals surface area contributed by atoms with Crippen LogP contribution >= 0.6 is 7.26 Å². The lowest BCUT2D eigenvalue weighted by molar-refractivity contribution is -0.131. The van der Waals surface area contributed by atoms with Gasteiger partial charge in [-0.2, -0.15) is 0 Å². The zero-order valence-electron chi connectivity index (χ0n) is 17.3. The number of hydrogen-bond donors (Lipinski definition) is 1. The van der Waals surface area contributed by atoms with Gasteiger partial charge in [0.1, 0.15) is 40.8 Å². The third-order valence-electron chi connectivity index (χ3n) is 5.32. The summed E-state index contributed by atoms with van der Waals surface area (Å²) in [5, 5.41) is 14.6. The Morgan fingerprint density at radius 3 is 1.58 bits per heavy atom. The summed E-state index contributed by atoms with van der Waals surface area (Å²) in [6.07, 6.45) is 0.650. The predicted molar refractivity (Wildman–Crippen MR) is 128 cm³/mol. The van der Waals surface area contributed by atoms with E-state index in [0.717, 1.165) is 5.56 Å². The number of carbonyl (C=O) groups is 1. The first-order valence-electron chi connectivity index (χ1n) is 10.1. The molecule has 0 aliphatic carbocycles. The number of carbonyl (C=O) groups excluding carboxylic acids is 1. The van der Waals surface area contributed by atoms with Gasteiger partial charge in [0.15, 0.2) is 0 Å². The quantitative estimate of drug-likeness (QED) is 0.273. The van der Waals surface area contributed by atoms with Crippen molar-refractivity contribution in [1.29, 1.82) is 0 Å². The van der Waals surface area contributed by atoms with E-state index < -0.39 is 13.2 Å². The van der Waals surface area contributed by atoms with Crippen LogP contribution in [-0.4, -0.2) is 11.1 Å². The first-order chi connectivity index (χ1) is 15.1. The molecule has 0 unspecified atom stereocenters. The van der Waals surface area contributed by atoms with E-state index in [1.165, 1.54) is 28.9 Å². The summed E-state index contributed by atoms with van der Waals surface area (Å²) in [7, 11) is -2.11. The largest absolute Gasteiger partial charge is 0.507 e. The van der Waals surface area contributed by atoms with Gasteiger partial charge in [-0.05, 0) is 48.5 Å². The Morgan fingerprint density at radius 2 is 1.19 bits per heavy atom. The third kappa shape index (κ3) is 4.38. The number of hydrogen-bond acceptors (Lipinski definition) is 3. The molecule has 0 saturated carbocycles. The monoisotopic (exact) mass is 427 g/mol. The average Bonchev–Trinajstić information content (AvgIpc) is 2.80. The number of rotatable bonds is 6. The highest BCUT2D eigenvalue weighted by atomic mass is 31.2. The van der Waals surface area contributed by atoms with Crippen LogP contribution in [0, 0.1) is 0 Å². The second-order valence-electron chi connectivity index (χ2n) is 7.36. The topological polar surface area (TPSA) is 46.5 Å². The summed E-state index contributed by atoms with van der Waals surface area (Å²) in [5.74, 6) is 0.0644. The molecule has 0 heterocycles. The van der Waals surface area contributed by atoms with Crippen LogP contribution in [0.4, 0.5) is 0 Å². The summed E-state index contributed by atoms with van der Waals surface area (Å²) < 4.78 is 5.14. The van der Waals surface area contributed by atoms with Gasteiger partial charge in [-0.1, -0.05) is 54.6 Å². The molecule has 0 aliphatic heterocycles. The van der Waals surface area contributed by atoms with Crippen molar-refractivity contribution in [2.24, 2.45) is 0 Å². The zero-order chi connectivity index (χ0) is 21.7. The molecule has 0 saturated heterocycles. The number of esters is 1. The lowest BCUT2D eigenvalue weighted by atomic mass is 10.2. The van der Waals surface area contributed by atoms with Crippen LogP contribution in [0.15, 0.2) is 109 Å². The van der Waals surface area contributed by atoms with Crippen LogP contribution < -0.4 is 20.7 Å². The summed E-state index contributed by atoms with van der Waals surface area (Å²) in [6, 6.07) is 36.7. The highest BCUT2D eigenvalue weighted by molar-refractivity contribution is 7.95. The summed E-state index contributed by atoms with van der Waals surface area (Å²) in [6.45, 7) is 1.35. The van der Waals surface area contributed by atoms with Gasteiger partial charge in [-0.3, -0.25) is 4.79 Å². The van der Waals surface area contributed by atoms with Crippen molar-refractivity contribution in [3.8, 4) is 11.5 Å². The van der Waals surface area contributed by atoms with Gasteiger partial charge in [-0.25, -0.2) is 0 Å². The lowest BCUT2D eigenvalue weighted by Gasteiger charge is -2.28. The van der Waals surface area contributed by atoms with E-state index in [1.54, 1.807) is 6.07 Å². The Hall–Kier alpha value is -3.42. The molecule has 0 atom stereocenters. The van der Waals surface area contributed by atoms with E-state index in [4.69, 9.17) is 4.74 Å². The molecular formula is C27H24O3P+. The van der Waals surface area contributed by atoms with E-state index in [-0.39, 0.29) is 5.75 Å². The van der Waals surface area contributed by atoms with Crippen LogP contribution in [0.3, 0.4) is 0 Å². The van der Waals surface area contributed by atoms with Gasteiger partial charge in [0.05, 0.1) is 0 Å². The van der Waals surface area contributed by atoms with Crippen LogP contribution in [-0.2, 0) is 11.0 Å². The maximum atomic E-state index is 11.3. The molecule has 31 heavy (non-hydrogen) atoms. The Morgan fingerprint density at radius 1 is 0.742 bits per heavy atom. The highest BCUT2D eigenvalue weighted by Gasteiger charge is 2.45. The molecule has 4 aromatic carbocycles. The van der Waals surface area contributed by atoms with E-state index in [1.807, 2.05) is 24.3 Å². The molecule has 0 bridgehead atoms. The lowest BCUT2D eigenvalue weighted by Crippen LogP contribution is -2.32. The summed E-state index contributed by atoms with van der Waals surface area (Å²) >= 11 is 0. The second-order valence-corrected chi connectivity index (χ2v) is 10.8. The minimum Gasteiger partial charge on any atom is -0.507 e. The minimum atomic E-state index is -2.11. The van der Waals surface area contributed by atoms with Crippen LogP contribution in [0.25, 0.3) is 0 Å². The van der Waals surface area contributed by atoms with Crippen molar-refractivity contribution in [3.63, 3.8) is 0 Å². The molecule has 0 aliphatic rings. The van der Waals surface area contributed by atoms with E-state index in [2.05, 4.69) is 72.8 Å². The Balaban J connectivity index is 1.92. The number of ether oxygens (including phenoxy) is 1. The van der Waals surface area contributed by atoms with Gasteiger partial charge >= 0.3 is 5.97 Å². The number of aromatic hydroxyl groups is 1.